The molecule has 10 aromatic rings. The Balaban J connectivity index is 1.16. The van der Waals surface area contributed by atoms with Crippen LogP contribution in [0.4, 0.5) is 22.7 Å². The van der Waals surface area contributed by atoms with Crippen molar-refractivity contribution in [3.05, 3.63) is 263 Å². The number of fused-ring (bicyclic) bond motifs is 4. The number of nitrogens with zero attached hydrogens (tertiary/aromatic N) is 4. The van der Waals surface area contributed by atoms with Gasteiger partial charge in [-0.25, -0.2) is 4.98 Å². The molecule has 0 saturated carbocycles. The highest BCUT2D eigenvalue weighted by Crippen LogP contribution is 2.51. The molecule has 4 heteroatoms. The molecule has 0 fully saturated rings. The van der Waals surface area contributed by atoms with Crippen molar-refractivity contribution >= 4 is 44.6 Å². The maximum atomic E-state index is 5.18. The van der Waals surface area contributed by atoms with Crippen LogP contribution in [0.25, 0.3) is 27.6 Å². The molecule has 0 aliphatic carbocycles. The number of benzene rings is 8. The number of rotatable bonds is 9. The fourth-order valence-corrected chi connectivity index (χ4v) is 11.5. The summed E-state index contributed by atoms with van der Waals surface area (Å²) in [4.78, 5) is 10.3. The third kappa shape index (κ3) is 8.39. The minimum absolute atomic E-state index is 0.0136. The average molecular weight is 967 g/mol. The Hall–Kier alpha value is -7.69. The standard InChI is InChI=1S/C70H70N4/c1-66(2,3)53-39-54(67(4,5)6)42-57(41-53)72-47-73(63-34-24-23-33-62(63)72)58-43-55(68(7,8)9)40-56(44-58)70(49-27-17-13-18-28-49,50-29-19-14-20-30-50)52-35-36-60-59-31-21-22-32-61(59)74(64(60)45-52)65-46-51(37-38-71-65)69(10,11)48-25-15-12-16-26-48/h12-46H,47H2,1-11H3. The monoisotopic (exact) mass is 967 g/mol. The molecular formula is C70H70N4. The van der Waals surface area contributed by atoms with Gasteiger partial charge in [0, 0.05) is 33.8 Å². The van der Waals surface area contributed by atoms with Crippen molar-refractivity contribution in [2.45, 2.75) is 103 Å². The zero-order chi connectivity index (χ0) is 51.8. The van der Waals surface area contributed by atoms with Crippen LogP contribution in [0.3, 0.4) is 0 Å². The van der Waals surface area contributed by atoms with E-state index in [0.29, 0.717) is 6.67 Å². The predicted molar refractivity (Wildman–Crippen MR) is 314 cm³/mol. The van der Waals surface area contributed by atoms with Gasteiger partial charge in [-0.15, -0.1) is 0 Å². The first-order valence-electron chi connectivity index (χ1n) is 26.5. The van der Waals surface area contributed by atoms with Crippen molar-refractivity contribution in [3.8, 4) is 5.82 Å². The number of hydrogen-bond donors (Lipinski definition) is 0. The Labute approximate surface area is 440 Å². The normalized spacial score (nSPS) is 13.5. The third-order valence-corrected chi connectivity index (χ3v) is 15.9. The number of aromatic nitrogens is 2. The molecule has 3 heterocycles. The molecule has 0 N–H and O–H groups in total. The summed E-state index contributed by atoms with van der Waals surface area (Å²) in [6.45, 7) is 26.3. The fourth-order valence-electron chi connectivity index (χ4n) is 11.5. The van der Waals surface area contributed by atoms with E-state index in [1.165, 1.54) is 83.6 Å². The van der Waals surface area contributed by atoms with E-state index in [-0.39, 0.29) is 21.7 Å². The van der Waals surface area contributed by atoms with Gasteiger partial charge < -0.3 is 9.80 Å². The molecule has 8 aromatic carbocycles. The lowest BCUT2D eigenvalue weighted by molar-refractivity contribution is 0.568. The number of pyridine rings is 1. The molecular weight excluding hydrogens is 897 g/mol. The molecule has 0 atom stereocenters. The van der Waals surface area contributed by atoms with Gasteiger partial charge in [0.2, 0.25) is 0 Å². The van der Waals surface area contributed by atoms with Crippen LogP contribution >= 0.6 is 0 Å². The number of hydrogen-bond acceptors (Lipinski definition) is 3. The van der Waals surface area contributed by atoms with Crippen LogP contribution in [-0.4, -0.2) is 16.2 Å². The molecule has 0 saturated heterocycles. The van der Waals surface area contributed by atoms with Crippen molar-refractivity contribution in [3.63, 3.8) is 0 Å². The van der Waals surface area contributed by atoms with E-state index >= 15 is 0 Å². The SMILES string of the molecule is CC(C)(C)c1cc(N2CN(c3cc(C(C)(C)C)cc(C(c4ccccc4)(c4ccccc4)c4ccc5c6ccccc6n(-c6cc(C(C)(C)c7ccccc7)ccn6)c5c4)c3)c3ccccc32)cc(C(C)(C)C)c1. The van der Waals surface area contributed by atoms with Crippen LogP contribution in [-0.2, 0) is 27.1 Å². The highest BCUT2D eigenvalue weighted by Gasteiger charge is 2.41. The summed E-state index contributed by atoms with van der Waals surface area (Å²) in [5.74, 6) is 0.900. The van der Waals surface area contributed by atoms with E-state index < -0.39 is 5.41 Å². The summed E-state index contributed by atoms with van der Waals surface area (Å²) in [6.07, 6.45) is 1.99. The Morgan fingerprint density at radius 1 is 0.338 bits per heavy atom. The average Bonchev–Trinajstić information content (AvgIpc) is 3.95. The second-order valence-electron chi connectivity index (χ2n) is 24.2. The highest BCUT2D eigenvalue weighted by molar-refractivity contribution is 6.09. The topological polar surface area (TPSA) is 24.3 Å². The summed E-state index contributed by atoms with van der Waals surface area (Å²) in [7, 11) is 0. The Morgan fingerprint density at radius 2 is 0.784 bits per heavy atom. The van der Waals surface area contributed by atoms with Crippen LogP contribution in [0, 0.1) is 0 Å². The fraction of sp³-hybridized carbons (Fsp3) is 0.243. The van der Waals surface area contributed by atoms with Gasteiger partial charge in [-0.3, -0.25) is 4.57 Å². The Kier molecular flexibility index (Phi) is 11.9. The van der Waals surface area contributed by atoms with Gasteiger partial charge in [0.25, 0.3) is 0 Å². The Bertz CT molecular complexity index is 3600. The first-order valence-corrected chi connectivity index (χ1v) is 26.5. The second-order valence-corrected chi connectivity index (χ2v) is 24.2. The van der Waals surface area contributed by atoms with Crippen molar-refractivity contribution < 1.29 is 0 Å². The lowest BCUT2D eigenvalue weighted by Gasteiger charge is -2.39. The van der Waals surface area contributed by atoms with Crippen LogP contribution < -0.4 is 9.80 Å². The molecule has 0 bridgehead atoms. The minimum Gasteiger partial charge on any atom is -0.321 e. The summed E-state index contributed by atoms with van der Waals surface area (Å²) >= 11 is 0. The van der Waals surface area contributed by atoms with E-state index in [2.05, 4.69) is 297 Å². The lowest BCUT2D eigenvalue weighted by atomic mass is 9.64. The lowest BCUT2D eigenvalue weighted by Crippen LogP contribution is -2.32. The number of para-hydroxylation sites is 3. The van der Waals surface area contributed by atoms with Crippen molar-refractivity contribution in [1.29, 1.82) is 0 Å². The summed E-state index contributed by atoms with van der Waals surface area (Å²) < 4.78 is 2.39. The summed E-state index contributed by atoms with van der Waals surface area (Å²) in [5.41, 5.74) is 17.1. The van der Waals surface area contributed by atoms with Gasteiger partial charge in [0.1, 0.15) is 12.5 Å². The summed E-state index contributed by atoms with van der Waals surface area (Å²) in [5, 5.41) is 2.39. The molecule has 74 heavy (non-hydrogen) atoms. The molecule has 11 rings (SSSR count). The van der Waals surface area contributed by atoms with Crippen LogP contribution in [0.2, 0.25) is 0 Å². The number of anilines is 4. The van der Waals surface area contributed by atoms with Crippen molar-refractivity contribution in [1.82, 2.24) is 9.55 Å². The van der Waals surface area contributed by atoms with E-state index in [4.69, 9.17) is 4.98 Å². The van der Waals surface area contributed by atoms with Crippen molar-refractivity contribution in [2.75, 3.05) is 16.5 Å². The molecule has 0 spiro atoms. The zero-order valence-electron chi connectivity index (χ0n) is 45.2. The maximum absolute atomic E-state index is 5.18. The molecule has 0 radical (unpaired) electrons. The van der Waals surface area contributed by atoms with Crippen LogP contribution in [0.15, 0.2) is 212 Å². The van der Waals surface area contributed by atoms with Crippen molar-refractivity contribution in [2.24, 2.45) is 0 Å². The van der Waals surface area contributed by atoms with E-state index in [9.17, 15) is 0 Å². The molecule has 0 amide bonds. The minimum atomic E-state index is -0.750. The first-order chi connectivity index (χ1) is 35.3. The molecule has 1 aliphatic heterocycles. The molecule has 0 unspecified atom stereocenters. The van der Waals surface area contributed by atoms with Gasteiger partial charge >= 0.3 is 0 Å². The Morgan fingerprint density at radius 3 is 1.31 bits per heavy atom. The van der Waals surface area contributed by atoms with Crippen LogP contribution in [0.5, 0.6) is 0 Å². The molecule has 2 aromatic heterocycles. The zero-order valence-corrected chi connectivity index (χ0v) is 45.2. The largest absolute Gasteiger partial charge is 0.321 e. The third-order valence-electron chi connectivity index (χ3n) is 15.9. The molecule has 1 aliphatic rings. The second kappa shape index (κ2) is 18.1. The van der Waals surface area contributed by atoms with Gasteiger partial charge in [-0.05, 0) is 127 Å². The predicted octanol–water partition coefficient (Wildman–Crippen LogP) is 18.0. The highest BCUT2D eigenvalue weighted by atomic mass is 15.4. The summed E-state index contributed by atoms with van der Waals surface area (Å²) in [6, 6.07) is 77.4. The first kappa shape index (κ1) is 48.6. The van der Waals surface area contributed by atoms with E-state index in [1.807, 2.05) is 6.20 Å². The quantitative estimate of drug-likeness (QED) is 0.135. The molecule has 4 nitrogen and oxygen atoms in total. The maximum Gasteiger partial charge on any atom is 0.137 e. The van der Waals surface area contributed by atoms with Gasteiger partial charge in [-0.2, -0.15) is 0 Å². The smallest absolute Gasteiger partial charge is 0.137 e. The van der Waals surface area contributed by atoms with E-state index in [1.54, 1.807) is 0 Å². The molecule has 370 valence electrons. The van der Waals surface area contributed by atoms with Gasteiger partial charge in [-0.1, -0.05) is 222 Å². The van der Waals surface area contributed by atoms with Gasteiger partial charge in [0.15, 0.2) is 0 Å². The van der Waals surface area contributed by atoms with Gasteiger partial charge in [0.05, 0.1) is 27.8 Å². The van der Waals surface area contributed by atoms with E-state index in [0.717, 1.165) is 16.9 Å². The van der Waals surface area contributed by atoms with Crippen LogP contribution in [0.1, 0.15) is 126 Å².